The normalized spacial score (nSPS) is 13.6. The number of sulfonamides is 2. The number of methoxy groups -OCH3 is 2. The third-order valence-corrected chi connectivity index (χ3v) is 19.9. The number of benzene rings is 5. The minimum absolute atomic E-state index is 0.0493. The lowest BCUT2D eigenvalue weighted by molar-refractivity contribution is -0.143. The van der Waals surface area contributed by atoms with Crippen LogP contribution < -0.4 is 34.5 Å². The molecule has 2 aliphatic heterocycles. The largest absolute Gasteiger partial charge is 0.496 e. The number of sulfone groups is 1. The summed E-state index contributed by atoms with van der Waals surface area (Å²) in [4.78, 5) is 75.4. The van der Waals surface area contributed by atoms with Crippen LogP contribution in [0.15, 0.2) is 128 Å². The van der Waals surface area contributed by atoms with Gasteiger partial charge in [-0.25, -0.2) is 53.8 Å². The summed E-state index contributed by atoms with van der Waals surface area (Å²) in [5.41, 5.74) is 4.76. The SMILES string of the molecule is CCc1cc(C)cc(CC)c1-c1c(OC(=O)C(C)(C)C)n2n(c1=O)CCOCC2.COc1ccccc1C(=O)NS(=O)(=O)c1ccc(C(=O)NC2CC2)cc1.COc1ncc(F)c2nc(S(=O)(=O)Nc3c(F)cccc3F)nn12.Cc1c(C(=O)c2cnn(C)c2O)ccc(S(C)(=O)=O)c1C1=NOCC1. The van der Waals surface area contributed by atoms with Gasteiger partial charge in [-0.05, 0) is 143 Å². The minimum Gasteiger partial charge on any atom is -0.496 e. The van der Waals surface area contributed by atoms with Crippen LogP contribution in [0.5, 0.6) is 23.5 Å². The number of anilines is 1. The number of hydrogen-bond donors (Lipinski definition) is 4. The van der Waals surface area contributed by atoms with E-state index in [4.69, 9.17) is 23.8 Å². The van der Waals surface area contributed by atoms with Gasteiger partial charge in [0.15, 0.2) is 27.1 Å². The van der Waals surface area contributed by atoms with E-state index < -0.39 is 80.9 Å². The lowest BCUT2D eigenvalue weighted by Gasteiger charge is -2.19. The van der Waals surface area contributed by atoms with Crippen LogP contribution in [0, 0.1) is 36.7 Å². The molecule has 0 spiro atoms. The highest BCUT2D eigenvalue weighted by Gasteiger charge is 2.34. The molecule has 1 saturated carbocycles. The van der Waals surface area contributed by atoms with E-state index in [0.717, 1.165) is 73.0 Å². The first-order chi connectivity index (χ1) is 49.1. The van der Waals surface area contributed by atoms with Gasteiger partial charge in [0.05, 0.1) is 79.4 Å². The van der Waals surface area contributed by atoms with Crippen LogP contribution in [0.2, 0.25) is 0 Å². The number of carbonyl (C=O) groups excluding carboxylic acids is 4. The number of nitrogens with zero attached hydrogens (tertiary/aromatic N) is 9. The Kier molecular flexibility index (Phi) is 23.7. The third-order valence-electron chi connectivity index (χ3n) is 16.3. The zero-order valence-electron chi connectivity index (χ0n) is 58.3. The van der Waals surface area contributed by atoms with Gasteiger partial charge in [0.25, 0.3) is 42.6 Å². The molecule has 4 N–H and O–H groups in total. The Balaban J connectivity index is 0.000000161. The second-order valence-corrected chi connectivity index (χ2v) is 30.1. The van der Waals surface area contributed by atoms with Crippen molar-refractivity contribution in [3.8, 4) is 34.6 Å². The van der Waals surface area contributed by atoms with E-state index >= 15 is 0 Å². The number of aryl methyl sites for hydroxylation is 4. The van der Waals surface area contributed by atoms with Crippen LogP contribution in [-0.4, -0.2) is 145 Å². The fraction of sp³-hybridized carbons (Fsp3) is 0.333. The fourth-order valence-corrected chi connectivity index (χ4v) is 13.7. The topological polar surface area (TPSA) is 373 Å². The molecule has 4 aromatic heterocycles. The van der Waals surface area contributed by atoms with E-state index in [-0.39, 0.29) is 67.6 Å². The molecule has 104 heavy (non-hydrogen) atoms. The first kappa shape index (κ1) is 77.4. The number of oxime groups is 1. The van der Waals surface area contributed by atoms with Crippen molar-refractivity contribution in [3.63, 3.8) is 0 Å². The number of rotatable bonds is 18. The second kappa shape index (κ2) is 31.9. The summed E-state index contributed by atoms with van der Waals surface area (Å²) in [6, 6.07) is 21.6. The summed E-state index contributed by atoms with van der Waals surface area (Å²) in [7, 11) is -8.05. The van der Waals surface area contributed by atoms with Crippen molar-refractivity contribution in [1.82, 2.24) is 48.8 Å². The number of amides is 2. The molecule has 9 aromatic rings. The van der Waals surface area contributed by atoms with E-state index in [1.807, 2.05) is 25.5 Å². The van der Waals surface area contributed by atoms with Crippen LogP contribution in [0.1, 0.15) is 118 Å². The maximum Gasteiger partial charge on any atom is 0.319 e. The molecule has 0 saturated heterocycles. The lowest BCUT2D eigenvalue weighted by atomic mass is 9.91. The van der Waals surface area contributed by atoms with Gasteiger partial charge < -0.3 is 34.2 Å². The van der Waals surface area contributed by atoms with Gasteiger partial charge in [-0.1, -0.05) is 54.9 Å². The molecule has 35 heteroatoms. The van der Waals surface area contributed by atoms with Gasteiger partial charge in [0.1, 0.15) is 40.8 Å². The van der Waals surface area contributed by atoms with E-state index in [1.54, 1.807) is 39.2 Å². The van der Waals surface area contributed by atoms with Crippen molar-refractivity contribution >= 4 is 70.5 Å². The van der Waals surface area contributed by atoms with Crippen molar-refractivity contribution in [2.45, 2.75) is 115 Å². The highest BCUT2D eigenvalue weighted by molar-refractivity contribution is 7.92. The van der Waals surface area contributed by atoms with Crippen molar-refractivity contribution in [1.29, 1.82) is 0 Å². The molecule has 5 aromatic carbocycles. The summed E-state index contributed by atoms with van der Waals surface area (Å²) in [6.45, 7) is 15.6. The molecule has 6 heterocycles. The first-order valence-electron chi connectivity index (χ1n) is 32.2. The Morgan fingerprint density at radius 3 is 1.95 bits per heavy atom. The summed E-state index contributed by atoms with van der Waals surface area (Å²) < 4.78 is 145. The Bertz CT molecular complexity index is 5210. The smallest absolute Gasteiger partial charge is 0.319 e. The number of carbonyl (C=O) groups is 4. The van der Waals surface area contributed by atoms with Gasteiger partial charge in [0.2, 0.25) is 11.8 Å². The average Bonchev–Trinajstić information content (AvgIpc) is 1.55. The number of esters is 1. The first-order valence-corrected chi connectivity index (χ1v) is 37.1. The van der Waals surface area contributed by atoms with Crippen LogP contribution in [0.3, 0.4) is 0 Å². The standard InChI is InChI=1S/C23H32N2O4.C18H18N2O5S.C16H17N3O5S.C12H8F3N5O3S/c1-7-16-13-15(3)14-17(8-2)18(16)19-20(26)24-9-11-28-12-10-25(24)21(19)29-22(27)23(4,5)6;1-25-16-5-3-2-4-15(16)18(22)20-26(23,24)14-10-6-12(7-11-14)17(21)19-13-8-9-13;1-9-10(15(20)11-8-17-19(2)16(11)21)4-5-13(25(3,22)23)14(9)12-6-7-24-18-12;1-23-12-16-5-8(15)10-17-11(18-20(10)12)24(21,22)19-9-6(13)3-2-4-7(9)14/h13-14H,7-12H2,1-6H3;2-7,10-11,13H,8-9H2,1H3,(H,19,21)(H,20,22);4-5,8,21H,6-7H2,1-3H3;2-5,19H,1H3. The molecule has 12 rings (SSSR count). The number of hydrogen-bond acceptors (Lipinski definition) is 22. The lowest BCUT2D eigenvalue weighted by Crippen LogP contribution is -2.31. The Hall–Kier alpha value is -10.8. The molecule has 1 fully saturated rings. The molecule has 0 atom stereocenters. The number of aromatic hydroxyl groups is 1. The van der Waals surface area contributed by atoms with E-state index in [2.05, 4.69) is 63.5 Å². The van der Waals surface area contributed by atoms with E-state index in [9.17, 15) is 67.5 Å². The Labute approximate surface area is 596 Å². The maximum absolute atomic E-state index is 13.7. The number of ketones is 1. The molecular weight excluding hydrogens is 1420 g/mol. The third kappa shape index (κ3) is 17.3. The zero-order chi connectivity index (χ0) is 75.9. The summed E-state index contributed by atoms with van der Waals surface area (Å²) >= 11 is 0. The van der Waals surface area contributed by atoms with Crippen LogP contribution in [-0.2, 0) is 77.2 Å². The second-order valence-electron chi connectivity index (χ2n) is 24.8. The van der Waals surface area contributed by atoms with Gasteiger partial charge in [-0.3, -0.25) is 28.7 Å². The predicted octanol–water partition coefficient (Wildman–Crippen LogP) is 7.98. The predicted molar refractivity (Wildman–Crippen MR) is 372 cm³/mol. The van der Waals surface area contributed by atoms with Crippen molar-refractivity contribution < 1.29 is 86.5 Å². The zero-order valence-corrected chi connectivity index (χ0v) is 60.8. The number of halogens is 3. The Morgan fingerprint density at radius 1 is 0.740 bits per heavy atom. The molecule has 2 amide bonds. The van der Waals surface area contributed by atoms with Gasteiger partial charge >= 0.3 is 12.0 Å². The molecule has 29 nitrogen and oxygen atoms in total. The van der Waals surface area contributed by atoms with Crippen LogP contribution in [0.25, 0.3) is 16.8 Å². The number of ether oxygens (including phenoxy) is 4. The molecule has 0 bridgehead atoms. The minimum atomic E-state index is -4.58. The van der Waals surface area contributed by atoms with Crippen LogP contribution >= 0.6 is 0 Å². The van der Waals surface area contributed by atoms with Crippen molar-refractivity contribution in [2.75, 3.05) is 45.0 Å². The highest BCUT2D eigenvalue weighted by atomic mass is 32.2. The molecular formula is C69H75F3N12O17S3. The average molecular weight is 1500 g/mol. The number of nitrogens with one attached hydrogen (secondary N) is 3. The van der Waals surface area contributed by atoms with Crippen LogP contribution in [0.4, 0.5) is 18.9 Å². The molecule has 0 unspecified atom stereocenters. The monoisotopic (exact) mass is 1500 g/mol. The summed E-state index contributed by atoms with van der Waals surface area (Å²) in [5, 5.41) is 23.2. The van der Waals surface area contributed by atoms with E-state index in [0.29, 0.717) is 77.7 Å². The maximum atomic E-state index is 13.7. The van der Waals surface area contributed by atoms with Gasteiger partial charge in [-0.15, -0.1) is 5.10 Å². The van der Waals surface area contributed by atoms with E-state index in [1.165, 1.54) is 80.2 Å². The number of aromatic nitrogens is 8. The number of fused-ring (bicyclic) bond motifs is 2. The molecule has 1 aliphatic carbocycles. The van der Waals surface area contributed by atoms with Crippen molar-refractivity contribution in [2.24, 2.45) is 17.6 Å². The fourth-order valence-electron chi connectivity index (χ4n) is 10.8. The summed E-state index contributed by atoms with van der Waals surface area (Å²) in [6.07, 6.45) is 7.13. The number of para-hydroxylation sites is 2. The molecule has 3 aliphatic rings. The van der Waals surface area contributed by atoms with Crippen molar-refractivity contribution in [3.05, 3.63) is 181 Å². The highest BCUT2D eigenvalue weighted by Crippen LogP contribution is 2.37. The van der Waals surface area contributed by atoms with Gasteiger partial charge in [-0.2, -0.15) is 23.0 Å². The van der Waals surface area contributed by atoms with Gasteiger partial charge in [0, 0.05) is 42.5 Å². The molecule has 552 valence electrons. The summed E-state index contributed by atoms with van der Waals surface area (Å²) in [5.74, 6) is -4.69. The Morgan fingerprint density at radius 2 is 1.38 bits per heavy atom. The quantitative estimate of drug-likeness (QED) is 0.0467. The molecule has 0 radical (unpaired) electrons.